The molecular formula is C11H15ClFNO. The van der Waals surface area contributed by atoms with Crippen LogP contribution >= 0.6 is 11.6 Å². The summed E-state index contributed by atoms with van der Waals surface area (Å²) in [5, 5.41) is 0.490. The van der Waals surface area contributed by atoms with E-state index in [1.165, 1.54) is 6.26 Å². The van der Waals surface area contributed by atoms with Gasteiger partial charge in [0.2, 0.25) is 0 Å². The summed E-state index contributed by atoms with van der Waals surface area (Å²) in [4.78, 5) is 2.26. The van der Waals surface area contributed by atoms with Crippen molar-refractivity contribution < 1.29 is 9.13 Å². The smallest absolute Gasteiger partial charge is 0.144 e. The van der Waals surface area contributed by atoms with Gasteiger partial charge in [0.25, 0.3) is 0 Å². The molecule has 1 fully saturated rings. The highest BCUT2D eigenvalue weighted by Gasteiger charge is 2.32. The minimum Gasteiger partial charge on any atom is -0.469 e. The Labute approximate surface area is 94.3 Å². The summed E-state index contributed by atoms with van der Waals surface area (Å²) in [6, 6.07) is 0. The maximum atomic E-state index is 13.6. The zero-order valence-corrected chi connectivity index (χ0v) is 9.51. The fourth-order valence-electron chi connectivity index (χ4n) is 2.25. The molecule has 2 rings (SSSR count). The molecule has 1 atom stereocenters. The number of likely N-dealkylation sites (tertiary alicyclic amines) is 1. The molecule has 2 nitrogen and oxygen atoms in total. The number of halogens is 2. The second-order valence-electron chi connectivity index (χ2n) is 4.26. The van der Waals surface area contributed by atoms with Gasteiger partial charge in [-0.2, -0.15) is 0 Å². The van der Waals surface area contributed by atoms with Crippen LogP contribution in [0, 0.1) is 11.8 Å². The van der Waals surface area contributed by atoms with Crippen molar-refractivity contribution in [3.63, 3.8) is 0 Å². The Kier molecular flexibility index (Phi) is 3.32. The van der Waals surface area contributed by atoms with Crippen LogP contribution < -0.4 is 0 Å². The van der Waals surface area contributed by atoms with Crippen LogP contribution in [0.15, 0.2) is 23.4 Å². The molecule has 0 amide bonds. The molecule has 2 aliphatic rings. The zero-order chi connectivity index (χ0) is 10.8. The highest BCUT2D eigenvalue weighted by atomic mass is 35.5. The van der Waals surface area contributed by atoms with Crippen molar-refractivity contribution in [3.8, 4) is 0 Å². The lowest BCUT2D eigenvalue weighted by molar-refractivity contribution is 0.180. The molecule has 0 saturated carbocycles. The Morgan fingerprint density at radius 3 is 2.67 bits per heavy atom. The van der Waals surface area contributed by atoms with Gasteiger partial charge in [-0.05, 0) is 38.9 Å². The second kappa shape index (κ2) is 4.54. The SMILES string of the molecule is CN1CCC(C2C(F)=COC=C2Cl)CC1. The number of rotatable bonds is 1. The monoisotopic (exact) mass is 231 g/mol. The lowest BCUT2D eigenvalue weighted by Crippen LogP contribution is -2.34. The zero-order valence-electron chi connectivity index (χ0n) is 8.75. The molecule has 84 valence electrons. The first-order chi connectivity index (χ1) is 7.18. The van der Waals surface area contributed by atoms with Crippen LogP contribution in [0.25, 0.3) is 0 Å². The first-order valence-corrected chi connectivity index (χ1v) is 5.61. The molecule has 2 heterocycles. The Hall–Kier alpha value is -0.540. The Morgan fingerprint density at radius 2 is 2.07 bits per heavy atom. The topological polar surface area (TPSA) is 12.5 Å². The van der Waals surface area contributed by atoms with Gasteiger partial charge in [-0.15, -0.1) is 0 Å². The molecule has 0 aromatic heterocycles. The van der Waals surface area contributed by atoms with Crippen molar-refractivity contribution >= 4 is 11.6 Å². The number of ether oxygens (including phenoxy) is 1. The van der Waals surface area contributed by atoms with Crippen molar-refractivity contribution in [1.29, 1.82) is 0 Å². The van der Waals surface area contributed by atoms with Crippen LogP contribution in [0.3, 0.4) is 0 Å². The molecule has 2 aliphatic heterocycles. The largest absolute Gasteiger partial charge is 0.469 e. The van der Waals surface area contributed by atoms with Crippen molar-refractivity contribution in [1.82, 2.24) is 4.90 Å². The van der Waals surface area contributed by atoms with Gasteiger partial charge in [-0.1, -0.05) is 11.6 Å². The quantitative estimate of drug-likeness (QED) is 0.688. The molecular weight excluding hydrogens is 217 g/mol. The normalized spacial score (nSPS) is 29.4. The van der Waals surface area contributed by atoms with Crippen LogP contribution in [0.4, 0.5) is 4.39 Å². The minimum absolute atomic E-state index is 0.239. The third-order valence-corrected chi connectivity index (χ3v) is 3.51. The van der Waals surface area contributed by atoms with E-state index in [0.29, 0.717) is 11.0 Å². The van der Waals surface area contributed by atoms with Crippen LogP contribution in [0.5, 0.6) is 0 Å². The average Bonchev–Trinajstić information content (AvgIpc) is 2.20. The van der Waals surface area contributed by atoms with Gasteiger partial charge < -0.3 is 9.64 Å². The summed E-state index contributed by atoms with van der Waals surface area (Å²) >= 11 is 5.99. The van der Waals surface area contributed by atoms with Crippen molar-refractivity contribution in [2.45, 2.75) is 12.8 Å². The van der Waals surface area contributed by atoms with Gasteiger partial charge >= 0.3 is 0 Å². The van der Waals surface area contributed by atoms with E-state index in [2.05, 4.69) is 11.9 Å². The highest BCUT2D eigenvalue weighted by Crippen LogP contribution is 2.39. The molecule has 0 spiro atoms. The second-order valence-corrected chi connectivity index (χ2v) is 4.70. The molecule has 0 aromatic rings. The van der Waals surface area contributed by atoms with Crippen LogP contribution in [0.1, 0.15) is 12.8 Å². The molecule has 1 saturated heterocycles. The molecule has 0 bridgehead atoms. The average molecular weight is 232 g/mol. The van der Waals surface area contributed by atoms with Crippen molar-refractivity contribution in [2.24, 2.45) is 11.8 Å². The molecule has 15 heavy (non-hydrogen) atoms. The molecule has 0 aromatic carbocycles. The third-order valence-electron chi connectivity index (χ3n) is 3.19. The number of hydrogen-bond acceptors (Lipinski definition) is 2. The molecule has 1 unspecified atom stereocenters. The first kappa shape index (κ1) is 11.0. The summed E-state index contributed by atoms with van der Waals surface area (Å²) in [6.45, 7) is 2.03. The van der Waals surface area contributed by atoms with Gasteiger partial charge in [0.1, 0.15) is 18.4 Å². The highest BCUT2D eigenvalue weighted by molar-refractivity contribution is 6.30. The van der Waals surface area contributed by atoms with E-state index in [1.807, 2.05) is 0 Å². The molecule has 4 heteroatoms. The Balaban J connectivity index is 2.05. The van der Waals surface area contributed by atoms with E-state index >= 15 is 0 Å². The maximum Gasteiger partial charge on any atom is 0.144 e. The minimum atomic E-state index is -0.269. The van der Waals surface area contributed by atoms with Gasteiger partial charge in [0, 0.05) is 0 Å². The molecule has 0 N–H and O–H groups in total. The lowest BCUT2D eigenvalue weighted by atomic mass is 9.83. The Bertz CT molecular complexity index is 277. The lowest BCUT2D eigenvalue weighted by Gasteiger charge is -2.34. The third kappa shape index (κ3) is 2.34. The number of hydrogen-bond donors (Lipinski definition) is 0. The van der Waals surface area contributed by atoms with Crippen molar-refractivity contribution in [3.05, 3.63) is 23.4 Å². The van der Waals surface area contributed by atoms with E-state index in [9.17, 15) is 4.39 Å². The van der Waals surface area contributed by atoms with Gasteiger partial charge in [0.15, 0.2) is 0 Å². The Morgan fingerprint density at radius 1 is 1.40 bits per heavy atom. The van der Waals surface area contributed by atoms with Gasteiger partial charge in [-0.25, -0.2) is 4.39 Å². The number of allylic oxidation sites excluding steroid dienone is 2. The van der Waals surface area contributed by atoms with Gasteiger partial charge in [-0.3, -0.25) is 0 Å². The fraction of sp³-hybridized carbons (Fsp3) is 0.636. The maximum absolute atomic E-state index is 13.6. The predicted octanol–water partition coefficient (Wildman–Crippen LogP) is 2.87. The van der Waals surface area contributed by atoms with Crippen LogP contribution in [-0.2, 0) is 4.74 Å². The van der Waals surface area contributed by atoms with E-state index < -0.39 is 0 Å². The summed E-state index contributed by atoms with van der Waals surface area (Å²) in [5.41, 5.74) is 0. The fourth-order valence-corrected chi connectivity index (χ4v) is 2.59. The van der Waals surface area contributed by atoms with E-state index in [0.717, 1.165) is 32.2 Å². The first-order valence-electron chi connectivity index (χ1n) is 5.23. The number of piperidine rings is 1. The summed E-state index contributed by atoms with van der Waals surface area (Å²) < 4.78 is 18.4. The number of nitrogens with zero attached hydrogens (tertiary/aromatic N) is 1. The van der Waals surface area contributed by atoms with E-state index in [-0.39, 0.29) is 11.7 Å². The van der Waals surface area contributed by atoms with E-state index in [4.69, 9.17) is 16.3 Å². The summed E-state index contributed by atoms with van der Waals surface area (Å²) in [7, 11) is 2.09. The summed E-state index contributed by atoms with van der Waals surface area (Å²) in [6.07, 6.45) is 4.58. The molecule has 0 radical (unpaired) electrons. The van der Waals surface area contributed by atoms with E-state index in [1.54, 1.807) is 0 Å². The van der Waals surface area contributed by atoms with Gasteiger partial charge in [0.05, 0.1) is 11.0 Å². The van der Waals surface area contributed by atoms with Crippen LogP contribution in [-0.4, -0.2) is 25.0 Å². The van der Waals surface area contributed by atoms with Crippen molar-refractivity contribution in [2.75, 3.05) is 20.1 Å². The predicted molar refractivity (Wildman–Crippen MR) is 57.9 cm³/mol. The standard InChI is InChI=1S/C11H15ClFNO/c1-14-4-2-8(3-5-14)11-9(12)6-15-7-10(11)13/h6-8,11H,2-5H2,1H3. The van der Waals surface area contributed by atoms with Crippen LogP contribution in [0.2, 0.25) is 0 Å². The molecule has 0 aliphatic carbocycles. The summed E-state index contributed by atoms with van der Waals surface area (Å²) in [5.74, 6) is -0.198.